The number of rotatable bonds is 5. The molecule has 0 spiro atoms. The number of para-hydroxylation sites is 1. The molecular weight excluding hydrogens is 356 g/mol. The molecule has 2 amide bonds. The zero-order valence-corrected chi connectivity index (χ0v) is 15.7. The molecule has 1 aliphatic rings. The molecule has 3 heterocycles. The predicted octanol–water partition coefficient (Wildman–Crippen LogP) is 1.55. The Labute approximate surface area is 162 Å². The zero-order chi connectivity index (χ0) is 19.7. The lowest BCUT2D eigenvalue weighted by Gasteiger charge is -2.29. The lowest BCUT2D eigenvalue weighted by atomic mass is 9.95. The summed E-state index contributed by atoms with van der Waals surface area (Å²) in [6.45, 7) is 4.65. The van der Waals surface area contributed by atoms with Crippen molar-refractivity contribution in [3.05, 3.63) is 53.5 Å². The Balaban J connectivity index is 1.73. The second kappa shape index (κ2) is 7.40. The average molecular weight is 378 g/mol. The minimum absolute atomic E-state index is 0.0328. The summed E-state index contributed by atoms with van der Waals surface area (Å²) in [5.41, 5.74) is 9.15. The molecule has 4 rings (SSSR count). The van der Waals surface area contributed by atoms with E-state index in [1.807, 2.05) is 24.3 Å². The Morgan fingerprint density at radius 3 is 2.89 bits per heavy atom. The van der Waals surface area contributed by atoms with E-state index < -0.39 is 5.91 Å². The van der Waals surface area contributed by atoms with Crippen molar-refractivity contribution in [3.8, 4) is 0 Å². The van der Waals surface area contributed by atoms with Gasteiger partial charge in [0.15, 0.2) is 0 Å². The fourth-order valence-corrected chi connectivity index (χ4v) is 3.64. The Kier molecular flexibility index (Phi) is 4.79. The minimum Gasteiger partial charge on any atom is -0.368 e. The van der Waals surface area contributed by atoms with Crippen LogP contribution in [0.2, 0.25) is 0 Å². The van der Waals surface area contributed by atoms with E-state index >= 15 is 0 Å². The Bertz CT molecular complexity index is 1060. The highest BCUT2D eigenvalue weighted by Gasteiger charge is 2.25. The number of nitrogens with two attached hydrogens (primary N) is 1. The normalized spacial score (nSPS) is 14.0. The summed E-state index contributed by atoms with van der Waals surface area (Å²) in [6.07, 6.45) is 3.93. The fourth-order valence-electron chi connectivity index (χ4n) is 3.64. The number of carbonyl (C=O) groups is 2. The van der Waals surface area contributed by atoms with Crippen molar-refractivity contribution in [2.45, 2.75) is 26.4 Å². The van der Waals surface area contributed by atoms with E-state index in [4.69, 9.17) is 10.7 Å². The number of pyridine rings is 1. The molecule has 0 aliphatic carbocycles. The molecule has 0 radical (unpaired) electrons. The summed E-state index contributed by atoms with van der Waals surface area (Å²) in [7, 11) is 0. The number of benzene rings is 1. The van der Waals surface area contributed by atoms with Crippen LogP contribution in [-0.4, -0.2) is 44.6 Å². The second-order valence-electron chi connectivity index (χ2n) is 6.89. The SMILES string of the molecule is CCN1CCc2nc3ccccc3c(C(=O)Nc3cnn(CC(N)=O)c3)c2C1. The number of carbonyl (C=O) groups excluding carboxylic acids is 2. The van der Waals surface area contributed by atoms with Crippen molar-refractivity contribution in [2.24, 2.45) is 5.73 Å². The van der Waals surface area contributed by atoms with Gasteiger partial charge in [0, 0.05) is 42.4 Å². The molecule has 8 heteroatoms. The van der Waals surface area contributed by atoms with Gasteiger partial charge < -0.3 is 11.1 Å². The van der Waals surface area contributed by atoms with Crippen LogP contribution in [0.3, 0.4) is 0 Å². The average Bonchev–Trinajstić information content (AvgIpc) is 3.11. The topological polar surface area (TPSA) is 106 Å². The van der Waals surface area contributed by atoms with Crippen LogP contribution in [0.1, 0.15) is 28.5 Å². The van der Waals surface area contributed by atoms with E-state index in [2.05, 4.69) is 22.2 Å². The van der Waals surface area contributed by atoms with Gasteiger partial charge in [-0.05, 0) is 12.6 Å². The highest BCUT2D eigenvalue weighted by Crippen LogP contribution is 2.28. The summed E-state index contributed by atoms with van der Waals surface area (Å²) in [5, 5.41) is 7.80. The van der Waals surface area contributed by atoms with Crippen LogP contribution in [-0.2, 0) is 24.3 Å². The summed E-state index contributed by atoms with van der Waals surface area (Å²) in [6, 6.07) is 7.71. The van der Waals surface area contributed by atoms with Crippen LogP contribution in [0.4, 0.5) is 5.69 Å². The Morgan fingerprint density at radius 1 is 1.29 bits per heavy atom. The number of aromatic nitrogens is 3. The first-order valence-corrected chi connectivity index (χ1v) is 9.30. The van der Waals surface area contributed by atoms with Crippen LogP contribution in [0, 0.1) is 0 Å². The number of hydrogen-bond donors (Lipinski definition) is 2. The standard InChI is InChI=1S/C20H22N6O2/c1-2-25-8-7-17-15(11-25)19(14-5-3-4-6-16(14)24-17)20(28)23-13-9-22-26(10-13)12-18(21)27/h3-6,9-10H,2,7-8,11-12H2,1H3,(H2,21,27)(H,23,28). The molecule has 3 N–H and O–H groups in total. The van der Waals surface area contributed by atoms with Gasteiger partial charge >= 0.3 is 0 Å². The third-order valence-electron chi connectivity index (χ3n) is 5.01. The molecule has 0 saturated carbocycles. The van der Waals surface area contributed by atoms with Gasteiger partial charge in [-0.25, -0.2) is 0 Å². The molecule has 1 aromatic carbocycles. The fraction of sp³-hybridized carbons (Fsp3) is 0.300. The number of primary amides is 1. The van der Waals surface area contributed by atoms with Gasteiger partial charge in [0.25, 0.3) is 5.91 Å². The summed E-state index contributed by atoms with van der Waals surface area (Å²) >= 11 is 0. The van der Waals surface area contributed by atoms with Gasteiger partial charge in [-0.15, -0.1) is 0 Å². The molecule has 0 unspecified atom stereocenters. The molecule has 0 saturated heterocycles. The van der Waals surface area contributed by atoms with Gasteiger partial charge in [0.2, 0.25) is 5.91 Å². The lowest BCUT2D eigenvalue weighted by molar-refractivity contribution is -0.118. The number of nitrogens with one attached hydrogen (secondary N) is 1. The Morgan fingerprint density at radius 2 is 2.11 bits per heavy atom. The number of likely N-dealkylation sites (N-methyl/N-ethyl adjacent to an activating group) is 1. The molecule has 3 aromatic rings. The molecule has 2 aromatic heterocycles. The van der Waals surface area contributed by atoms with Crippen LogP contribution < -0.4 is 11.1 Å². The van der Waals surface area contributed by atoms with Crippen molar-refractivity contribution >= 4 is 28.4 Å². The molecule has 1 aliphatic heterocycles. The van der Waals surface area contributed by atoms with Crippen LogP contribution >= 0.6 is 0 Å². The highest BCUT2D eigenvalue weighted by molar-refractivity contribution is 6.13. The number of hydrogen-bond acceptors (Lipinski definition) is 5. The van der Waals surface area contributed by atoms with Gasteiger partial charge in [0.05, 0.1) is 23.0 Å². The molecular formula is C20H22N6O2. The number of anilines is 1. The van der Waals surface area contributed by atoms with Crippen LogP contribution in [0.25, 0.3) is 10.9 Å². The van der Waals surface area contributed by atoms with Gasteiger partial charge in [-0.1, -0.05) is 25.1 Å². The zero-order valence-electron chi connectivity index (χ0n) is 15.7. The van der Waals surface area contributed by atoms with E-state index in [1.165, 1.54) is 10.9 Å². The first-order chi connectivity index (χ1) is 13.5. The summed E-state index contributed by atoms with van der Waals surface area (Å²) < 4.78 is 1.40. The maximum atomic E-state index is 13.2. The van der Waals surface area contributed by atoms with Crippen molar-refractivity contribution < 1.29 is 9.59 Å². The van der Waals surface area contributed by atoms with E-state index in [1.54, 1.807) is 6.20 Å². The van der Waals surface area contributed by atoms with Gasteiger partial charge in [-0.2, -0.15) is 5.10 Å². The van der Waals surface area contributed by atoms with E-state index in [0.717, 1.165) is 41.7 Å². The predicted molar refractivity (Wildman–Crippen MR) is 106 cm³/mol. The maximum absolute atomic E-state index is 13.2. The van der Waals surface area contributed by atoms with Crippen LogP contribution in [0.5, 0.6) is 0 Å². The number of amides is 2. The van der Waals surface area contributed by atoms with Crippen molar-refractivity contribution in [3.63, 3.8) is 0 Å². The van der Waals surface area contributed by atoms with E-state index in [-0.39, 0.29) is 12.5 Å². The lowest BCUT2D eigenvalue weighted by Crippen LogP contribution is -2.33. The third kappa shape index (κ3) is 3.46. The van der Waals surface area contributed by atoms with E-state index in [0.29, 0.717) is 17.8 Å². The molecule has 0 fully saturated rings. The molecule has 144 valence electrons. The second-order valence-corrected chi connectivity index (χ2v) is 6.89. The van der Waals surface area contributed by atoms with E-state index in [9.17, 15) is 9.59 Å². The number of nitrogens with zero attached hydrogens (tertiary/aromatic N) is 4. The largest absolute Gasteiger partial charge is 0.368 e. The van der Waals surface area contributed by atoms with Gasteiger partial charge in [-0.3, -0.25) is 24.2 Å². The highest BCUT2D eigenvalue weighted by atomic mass is 16.2. The first kappa shape index (κ1) is 18.1. The third-order valence-corrected chi connectivity index (χ3v) is 5.01. The first-order valence-electron chi connectivity index (χ1n) is 9.30. The maximum Gasteiger partial charge on any atom is 0.256 e. The molecule has 0 bridgehead atoms. The molecule has 28 heavy (non-hydrogen) atoms. The minimum atomic E-state index is -0.491. The summed E-state index contributed by atoms with van der Waals surface area (Å²) in [5.74, 6) is -0.693. The van der Waals surface area contributed by atoms with Crippen molar-refractivity contribution in [1.29, 1.82) is 0 Å². The number of fused-ring (bicyclic) bond motifs is 2. The van der Waals surface area contributed by atoms with Crippen molar-refractivity contribution in [2.75, 3.05) is 18.4 Å². The molecule has 8 nitrogen and oxygen atoms in total. The van der Waals surface area contributed by atoms with Crippen molar-refractivity contribution in [1.82, 2.24) is 19.7 Å². The summed E-state index contributed by atoms with van der Waals surface area (Å²) in [4.78, 5) is 31.4. The monoisotopic (exact) mass is 378 g/mol. The van der Waals surface area contributed by atoms with Gasteiger partial charge in [0.1, 0.15) is 6.54 Å². The van der Waals surface area contributed by atoms with Crippen LogP contribution in [0.15, 0.2) is 36.7 Å². The quantitative estimate of drug-likeness (QED) is 0.701. The smallest absolute Gasteiger partial charge is 0.256 e. The molecule has 0 atom stereocenters. The Hall–Kier alpha value is -3.26.